The molecule has 0 radical (unpaired) electrons. The number of hydrogen-bond donors (Lipinski definition) is 3. The van der Waals surface area contributed by atoms with Crippen LogP contribution in [0.4, 0.5) is 4.79 Å². The fraction of sp³-hybridized carbons (Fsp3) is 0.385. The highest BCUT2D eigenvalue weighted by Crippen LogP contribution is 2.22. The summed E-state index contributed by atoms with van der Waals surface area (Å²) >= 11 is 11.9. The van der Waals surface area contributed by atoms with Crippen LogP contribution < -0.4 is 16.4 Å². The normalized spacial score (nSPS) is 13.4. The Bertz CT molecular complexity index is 508. The highest BCUT2D eigenvalue weighted by molar-refractivity contribution is 6.35. The minimum Gasteiger partial charge on any atom is -0.352 e. The fourth-order valence-corrected chi connectivity index (χ4v) is 2.20. The molecule has 5 nitrogen and oxygen atoms in total. The Kier molecular flexibility index (Phi) is 6.10. The first-order chi connectivity index (χ1) is 9.29. The zero-order chi connectivity index (χ0) is 15.3. The molecule has 7 heteroatoms. The molecule has 0 unspecified atom stereocenters. The Labute approximate surface area is 127 Å². The summed E-state index contributed by atoms with van der Waals surface area (Å²) in [5.41, 5.74) is 5.85. The largest absolute Gasteiger partial charge is 0.352 e. The van der Waals surface area contributed by atoms with Crippen molar-refractivity contribution in [2.75, 3.05) is 0 Å². The van der Waals surface area contributed by atoms with Crippen LogP contribution in [-0.4, -0.2) is 24.0 Å². The van der Waals surface area contributed by atoms with Gasteiger partial charge in [0.2, 0.25) is 5.91 Å². The van der Waals surface area contributed by atoms with Gasteiger partial charge < -0.3 is 16.4 Å². The van der Waals surface area contributed by atoms with Gasteiger partial charge in [-0.15, -0.1) is 0 Å². The van der Waals surface area contributed by atoms with Crippen LogP contribution in [0.1, 0.15) is 19.4 Å². The zero-order valence-corrected chi connectivity index (χ0v) is 12.8. The van der Waals surface area contributed by atoms with Crippen molar-refractivity contribution in [3.05, 3.63) is 33.8 Å². The molecule has 1 aromatic rings. The predicted octanol–water partition coefficient (Wildman–Crippen LogP) is 2.10. The molecule has 0 aliphatic carbocycles. The van der Waals surface area contributed by atoms with E-state index >= 15 is 0 Å². The topological polar surface area (TPSA) is 84.2 Å². The monoisotopic (exact) mass is 317 g/mol. The van der Waals surface area contributed by atoms with Crippen molar-refractivity contribution in [1.82, 2.24) is 10.6 Å². The number of hydrogen-bond acceptors (Lipinski definition) is 2. The second-order valence-corrected chi connectivity index (χ2v) is 5.42. The number of carbonyl (C=O) groups excluding carboxylic acids is 2. The number of urea groups is 1. The summed E-state index contributed by atoms with van der Waals surface area (Å²) < 4.78 is 0. The molecule has 0 heterocycles. The van der Waals surface area contributed by atoms with Crippen molar-refractivity contribution in [1.29, 1.82) is 0 Å². The highest BCUT2D eigenvalue weighted by atomic mass is 35.5. The number of benzene rings is 1. The summed E-state index contributed by atoms with van der Waals surface area (Å²) in [5, 5.41) is 6.21. The fourth-order valence-electron chi connectivity index (χ4n) is 1.71. The van der Waals surface area contributed by atoms with Gasteiger partial charge in [0.1, 0.15) is 6.04 Å². The van der Waals surface area contributed by atoms with Gasteiger partial charge in [-0.2, -0.15) is 0 Å². The third kappa shape index (κ3) is 5.27. The first-order valence-electron chi connectivity index (χ1n) is 6.10. The molecule has 0 fully saturated rings. The Hall–Kier alpha value is -1.46. The van der Waals surface area contributed by atoms with Crippen LogP contribution in [0.2, 0.25) is 10.0 Å². The quantitative estimate of drug-likeness (QED) is 0.777. The van der Waals surface area contributed by atoms with E-state index in [1.54, 1.807) is 19.1 Å². The number of nitrogens with two attached hydrogens (primary N) is 1. The Morgan fingerprint density at radius 2 is 1.90 bits per heavy atom. The van der Waals surface area contributed by atoms with Gasteiger partial charge in [0.05, 0.1) is 0 Å². The van der Waals surface area contributed by atoms with Gasteiger partial charge >= 0.3 is 6.03 Å². The van der Waals surface area contributed by atoms with E-state index in [0.717, 1.165) is 5.56 Å². The Balaban J connectivity index is 2.56. The van der Waals surface area contributed by atoms with Crippen LogP contribution in [0.5, 0.6) is 0 Å². The number of carbonyl (C=O) groups is 2. The third-order valence-electron chi connectivity index (χ3n) is 2.68. The van der Waals surface area contributed by atoms with E-state index in [9.17, 15) is 9.59 Å². The Morgan fingerprint density at radius 1 is 1.25 bits per heavy atom. The van der Waals surface area contributed by atoms with E-state index in [1.807, 2.05) is 13.0 Å². The van der Waals surface area contributed by atoms with Gasteiger partial charge in [0.25, 0.3) is 0 Å². The molecule has 0 bridgehead atoms. The lowest BCUT2D eigenvalue weighted by atomic mass is 10.1. The molecule has 3 amide bonds. The number of primary amides is 1. The lowest BCUT2D eigenvalue weighted by molar-refractivity contribution is -0.123. The predicted molar refractivity (Wildman–Crippen MR) is 80.0 cm³/mol. The van der Waals surface area contributed by atoms with Gasteiger partial charge in [-0.3, -0.25) is 4.79 Å². The molecular weight excluding hydrogens is 301 g/mol. The number of rotatable bonds is 5. The summed E-state index contributed by atoms with van der Waals surface area (Å²) in [5.74, 6) is -0.304. The summed E-state index contributed by atoms with van der Waals surface area (Å²) in [7, 11) is 0. The lowest BCUT2D eigenvalue weighted by Crippen LogP contribution is -2.49. The SMILES string of the molecule is C[C@H](NC(N)=O)C(=O)N[C@@H](C)Cc1ccc(Cl)cc1Cl. The number of halogens is 2. The smallest absolute Gasteiger partial charge is 0.312 e. The summed E-state index contributed by atoms with van der Waals surface area (Å²) in [6.45, 7) is 3.40. The molecular formula is C13H17Cl2N3O2. The first-order valence-corrected chi connectivity index (χ1v) is 6.85. The standard InChI is InChI=1S/C13H17Cl2N3O2/c1-7(17-12(19)8(2)18-13(16)20)5-9-3-4-10(14)6-11(9)15/h3-4,6-8H,5H2,1-2H3,(H,17,19)(H3,16,18,20)/t7-,8-/m0/s1. The molecule has 20 heavy (non-hydrogen) atoms. The van der Waals surface area contributed by atoms with Gasteiger partial charge in [-0.1, -0.05) is 29.3 Å². The van der Waals surface area contributed by atoms with E-state index in [-0.39, 0.29) is 11.9 Å². The Morgan fingerprint density at radius 3 is 2.45 bits per heavy atom. The first kappa shape index (κ1) is 16.6. The summed E-state index contributed by atoms with van der Waals surface area (Å²) in [4.78, 5) is 22.5. The molecule has 0 aromatic heterocycles. The van der Waals surface area contributed by atoms with Crippen LogP contribution >= 0.6 is 23.2 Å². The molecule has 0 aliphatic heterocycles. The minimum atomic E-state index is -0.735. The molecule has 110 valence electrons. The van der Waals surface area contributed by atoms with Crippen molar-refractivity contribution < 1.29 is 9.59 Å². The molecule has 0 spiro atoms. The second kappa shape index (κ2) is 7.36. The summed E-state index contributed by atoms with van der Waals surface area (Å²) in [6, 6.07) is 3.66. The second-order valence-electron chi connectivity index (χ2n) is 4.58. The zero-order valence-electron chi connectivity index (χ0n) is 11.2. The molecule has 0 aliphatic rings. The average molecular weight is 318 g/mol. The van der Waals surface area contributed by atoms with E-state index in [0.29, 0.717) is 16.5 Å². The maximum Gasteiger partial charge on any atom is 0.312 e. The van der Waals surface area contributed by atoms with Gasteiger partial charge in [-0.25, -0.2) is 4.79 Å². The van der Waals surface area contributed by atoms with Crippen LogP contribution in [0.3, 0.4) is 0 Å². The maximum atomic E-state index is 11.8. The van der Waals surface area contributed by atoms with Crippen molar-refractivity contribution in [2.24, 2.45) is 5.73 Å². The maximum absolute atomic E-state index is 11.8. The molecule has 4 N–H and O–H groups in total. The molecule has 1 rings (SSSR count). The minimum absolute atomic E-state index is 0.140. The third-order valence-corrected chi connectivity index (χ3v) is 3.27. The van der Waals surface area contributed by atoms with Crippen molar-refractivity contribution >= 4 is 35.1 Å². The van der Waals surface area contributed by atoms with Crippen LogP contribution in [0.25, 0.3) is 0 Å². The number of amides is 3. The van der Waals surface area contributed by atoms with Gasteiger partial charge in [0, 0.05) is 16.1 Å². The molecule has 0 saturated heterocycles. The summed E-state index contributed by atoms with van der Waals surface area (Å²) in [6.07, 6.45) is 0.561. The average Bonchev–Trinajstić information content (AvgIpc) is 2.31. The van der Waals surface area contributed by atoms with Gasteiger partial charge in [-0.05, 0) is 38.0 Å². The van der Waals surface area contributed by atoms with Crippen molar-refractivity contribution in [2.45, 2.75) is 32.4 Å². The van der Waals surface area contributed by atoms with Gasteiger partial charge in [0.15, 0.2) is 0 Å². The van der Waals surface area contributed by atoms with E-state index < -0.39 is 12.1 Å². The highest BCUT2D eigenvalue weighted by Gasteiger charge is 2.17. The van der Waals surface area contributed by atoms with Crippen LogP contribution in [-0.2, 0) is 11.2 Å². The lowest BCUT2D eigenvalue weighted by Gasteiger charge is -2.18. The van der Waals surface area contributed by atoms with Crippen molar-refractivity contribution in [3.63, 3.8) is 0 Å². The van der Waals surface area contributed by atoms with Crippen LogP contribution in [0, 0.1) is 0 Å². The van der Waals surface area contributed by atoms with E-state index in [2.05, 4.69) is 10.6 Å². The van der Waals surface area contributed by atoms with E-state index in [4.69, 9.17) is 28.9 Å². The molecule has 1 aromatic carbocycles. The number of nitrogens with one attached hydrogen (secondary N) is 2. The van der Waals surface area contributed by atoms with Crippen molar-refractivity contribution in [3.8, 4) is 0 Å². The molecule has 2 atom stereocenters. The molecule has 0 saturated carbocycles. The van der Waals surface area contributed by atoms with Crippen LogP contribution in [0.15, 0.2) is 18.2 Å². The van der Waals surface area contributed by atoms with E-state index in [1.165, 1.54) is 0 Å².